The highest BCUT2D eigenvalue weighted by Crippen LogP contribution is 2.27. The Balaban J connectivity index is 2.01. The van der Waals surface area contributed by atoms with E-state index >= 15 is 0 Å². The maximum Gasteiger partial charge on any atom is 0.418 e. The van der Waals surface area contributed by atoms with Crippen LogP contribution in [0.4, 0.5) is 4.79 Å². The summed E-state index contributed by atoms with van der Waals surface area (Å²) < 4.78 is 12.9. The van der Waals surface area contributed by atoms with Gasteiger partial charge in [0.15, 0.2) is 0 Å². The average molecular weight is 365 g/mol. The van der Waals surface area contributed by atoms with Crippen molar-refractivity contribution in [3.8, 4) is 5.75 Å². The molecule has 0 radical (unpaired) electrons. The third-order valence-corrected chi connectivity index (χ3v) is 4.08. The first-order valence-corrected chi connectivity index (χ1v) is 8.99. The van der Waals surface area contributed by atoms with Crippen molar-refractivity contribution in [1.82, 2.24) is 4.57 Å². The van der Waals surface area contributed by atoms with Crippen molar-refractivity contribution < 1.29 is 19.3 Å². The van der Waals surface area contributed by atoms with Crippen molar-refractivity contribution >= 4 is 29.5 Å². The van der Waals surface area contributed by atoms with Crippen LogP contribution in [0.5, 0.6) is 5.75 Å². The Morgan fingerprint density at radius 3 is 2.44 bits per heavy atom. The smallest absolute Gasteiger partial charge is 0.418 e. The van der Waals surface area contributed by atoms with Crippen LogP contribution in [0.15, 0.2) is 54.6 Å². The maximum absolute atomic E-state index is 12.7. The molecular weight excluding hydrogens is 341 g/mol. The Kier molecular flexibility index (Phi) is 5.28. The zero-order chi connectivity index (χ0) is 19.6. The lowest BCUT2D eigenvalue weighted by atomic mass is 9.68. The van der Waals surface area contributed by atoms with E-state index in [1.165, 1.54) is 4.57 Å². The first kappa shape index (κ1) is 19.0. The summed E-state index contributed by atoms with van der Waals surface area (Å²) in [5.74, 6) is 0.653. The molecule has 5 nitrogen and oxygen atoms in total. The quantitative estimate of drug-likeness (QED) is 0.714. The van der Waals surface area contributed by atoms with E-state index in [1.807, 2.05) is 69.3 Å². The zero-order valence-corrected chi connectivity index (χ0v) is 16.1. The molecule has 1 N–H and O–H groups in total. The zero-order valence-electron chi connectivity index (χ0n) is 16.1. The van der Waals surface area contributed by atoms with E-state index in [4.69, 9.17) is 9.47 Å². The van der Waals surface area contributed by atoms with Crippen molar-refractivity contribution in [3.05, 3.63) is 60.2 Å². The fourth-order valence-electron chi connectivity index (χ4n) is 2.90. The average Bonchev–Trinajstić information content (AvgIpc) is 3.00. The SMILES string of the molecule is CB(O)c1cc2c(OCc3ccccc3)cccc2n1C(=O)OC(C)(C)C. The van der Waals surface area contributed by atoms with Gasteiger partial charge >= 0.3 is 13.0 Å². The normalized spacial score (nSPS) is 11.4. The predicted octanol–water partition coefficient (Wildman–Crippen LogP) is 3.82. The van der Waals surface area contributed by atoms with Crippen molar-refractivity contribution in [2.45, 2.75) is 39.8 Å². The highest BCUT2D eigenvalue weighted by Gasteiger charge is 2.26. The van der Waals surface area contributed by atoms with E-state index in [9.17, 15) is 9.82 Å². The molecule has 0 aliphatic heterocycles. The van der Waals surface area contributed by atoms with Crippen LogP contribution < -0.4 is 10.3 Å². The number of aromatic nitrogens is 1. The minimum Gasteiger partial charge on any atom is -0.488 e. The van der Waals surface area contributed by atoms with Gasteiger partial charge in [0.2, 0.25) is 0 Å². The summed E-state index contributed by atoms with van der Waals surface area (Å²) in [5.41, 5.74) is 1.53. The molecule has 140 valence electrons. The van der Waals surface area contributed by atoms with Gasteiger partial charge in [0.05, 0.1) is 5.52 Å². The van der Waals surface area contributed by atoms with E-state index in [0.717, 1.165) is 10.9 Å². The van der Waals surface area contributed by atoms with E-state index in [2.05, 4.69) is 0 Å². The van der Waals surface area contributed by atoms with E-state index in [-0.39, 0.29) is 0 Å². The van der Waals surface area contributed by atoms with Crippen LogP contribution in [0.1, 0.15) is 26.3 Å². The largest absolute Gasteiger partial charge is 0.488 e. The van der Waals surface area contributed by atoms with Gasteiger partial charge in [0.25, 0.3) is 0 Å². The van der Waals surface area contributed by atoms with Crippen molar-refractivity contribution in [3.63, 3.8) is 0 Å². The van der Waals surface area contributed by atoms with Gasteiger partial charge in [-0.1, -0.05) is 43.2 Å². The van der Waals surface area contributed by atoms with E-state index < -0.39 is 18.6 Å². The molecule has 1 heterocycles. The number of benzene rings is 2. The topological polar surface area (TPSA) is 60.7 Å². The van der Waals surface area contributed by atoms with Crippen molar-refractivity contribution in [2.75, 3.05) is 0 Å². The minimum absolute atomic E-state index is 0.418. The Labute approximate surface area is 159 Å². The van der Waals surface area contributed by atoms with Crippen LogP contribution in [0, 0.1) is 0 Å². The summed E-state index contributed by atoms with van der Waals surface area (Å²) in [6, 6.07) is 17.2. The molecule has 1 aromatic heterocycles. The lowest BCUT2D eigenvalue weighted by molar-refractivity contribution is 0.0548. The molecule has 3 rings (SSSR count). The molecule has 0 saturated heterocycles. The molecule has 0 fully saturated rings. The molecule has 0 bridgehead atoms. The number of hydrogen-bond donors (Lipinski definition) is 1. The second-order valence-corrected chi connectivity index (χ2v) is 7.52. The molecule has 27 heavy (non-hydrogen) atoms. The number of carbonyl (C=O) groups is 1. The predicted molar refractivity (Wildman–Crippen MR) is 108 cm³/mol. The number of fused-ring (bicyclic) bond motifs is 1. The van der Waals surface area contributed by atoms with Crippen LogP contribution in [-0.2, 0) is 11.3 Å². The fourth-order valence-corrected chi connectivity index (χ4v) is 2.90. The number of hydrogen-bond acceptors (Lipinski definition) is 4. The van der Waals surface area contributed by atoms with Crippen molar-refractivity contribution in [1.29, 1.82) is 0 Å². The lowest BCUT2D eigenvalue weighted by Crippen LogP contribution is -2.39. The van der Waals surface area contributed by atoms with Crippen LogP contribution in [0.3, 0.4) is 0 Å². The standard InChI is InChI=1S/C21H24BNO4/c1-21(2,3)27-20(24)23-17-11-8-12-18(16(17)13-19(23)22(4)25)26-14-15-9-6-5-7-10-15/h5-13,25H,14H2,1-4H3. The first-order valence-electron chi connectivity index (χ1n) is 8.99. The van der Waals surface area contributed by atoms with E-state index in [1.54, 1.807) is 12.9 Å². The Morgan fingerprint density at radius 1 is 1.11 bits per heavy atom. The van der Waals surface area contributed by atoms with Gasteiger partial charge in [0, 0.05) is 11.0 Å². The summed E-state index contributed by atoms with van der Waals surface area (Å²) >= 11 is 0. The fraction of sp³-hybridized carbons (Fsp3) is 0.286. The van der Waals surface area contributed by atoms with E-state index in [0.29, 0.717) is 23.5 Å². The van der Waals surface area contributed by atoms with Gasteiger partial charge < -0.3 is 14.5 Å². The van der Waals surface area contributed by atoms with Gasteiger partial charge in [0.1, 0.15) is 18.0 Å². The molecule has 0 aliphatic rings. The maximum atomic E-state index is 12.7. The molecule has 0 spiro atoms. The summed E-state index contributed by atoms with van der Waals surface area (Å²) in [4.78, 5) is 12.7. The third kappa shape index (κ3) is 4.34. The molecule has 6 heteroatoms. The Bertz CT molecular complexity index is 942. The molecule has 0 amide bonds. The molecule has 3 aromatic rings. The van der Waals surface area contributed by atoms with Gasteiger partial charge in [-0.15, -0.1) is 0 Å². The molecule has 2 aromatic carbocycles. The van der Waals surface area contributed by atoms with Crippen LogP contribution in [0.2, 0.25) is 6.82 Å². The highest BCUT2D eigenvalue weighted by atomic mass is 16.6. The van der Waals surface area contributed by atoms with Gasteiger partial charge in [-0.3, -0.25) is 4.57 Å². The molecular formula is C21H24BNO4. The van der Waals surface area contributed by atoms with Crippen molar-refractivity contribution in [2.24, 2.45) is 0 Å². The number of ether oxygens (including phenoxy) is 2. The summed E-state index contributed by atoms with van der Waals surface area (Å²) in [5, 5.41) is 10.9. The van der Waals surface area contributed by atoms with Gasteiger partial charge in [-0.25, -0.2) is 4.79 Å². The van der Waals surface area contributed by atoms with Gasteiger partial charge in [-0.05, 0) is 44.5 Å². The number of nitrogens with zero attached hydrogens (tertiary/aromatic N) is 1. The second-order valence-electron chi connectivity index (χ2n) is 7.52. The lowest BCUT2D eigenvalue weighted by Gasteiger charge is -2.21. The molecule has 0 aliphatic carbocycles. The second kappa shape index (κ2) is 7.49. The molecule has 0 atom stereocenters. The third-order valence-electron chi connectivity index (χ3n) is 4.08. The van der Waals surface area contributed by atoms with Crippen LogP contribution in [-0.4, -0.2) is 28.2 Å². The van der Waals surface area contributed by atoms with Crippen LogP contribution >= 0.6 is 0 Å². The Hall–Kier alpha value is -2.73. The van der Waals surface area contributed by atoms with Crippen LogP contribution in [0.25, 0.3) is 10.9 Å². The summed E-state index contributed by atoms with van der Waals surface area (Å²) in [7, 11) is 0. The highest BCUT2D eigenvalue weighted by molar-refractivity contribution is 6.65. The summed E-state index contributed by atoms with van der Waals surface area (Å²) in [6.45, 7) is 6.65. The molecule has 0 saturated carbocycles. The number of rotatable bonds is 4. The monoisotopic (exact) mass is 365 g/mol. The number of carbonyl (C=O) groups excluding carboxylic acids is 1. The summed E-state index contributed by atoms with van der Waals surface area (Å²) in [6.07, 6.45) is -0.520. The minimum atomic E-state index is -0.827. The first-order chi connectivity index (χ1) is 12.8. The Morgan fingerprint density at radius 2 is 1.81 bits per heavy atom. The van der Waals surface area contributed by atoms with Gasteiger partial charge in [-0.2, -0.15) is 0 Å². The molecule has 0 unspecified atom stereocenters.